The fourth-order valence-electron chi connectivity index (χ4n) is 0.974. The van der Waals surface area contributed by atoms with E-state index in [4.69, 9.17) is 5.11 Å². The Morgan fingerprint density at radius 2 is 1.85 bits per heavy atom. The number of carboxylic acid groups (broad SMARTS) is 1. The molecule has 0 amide bonds. The van der Waals surface area contributed by atoms with Gasteiger partial charge in [-0.25, -0.2) is 4.79 Å². The van der Waals surface area contributed by atoms with Crippen molar-refractivity contribution < 1.29 is 18.9 Å². The van der Waals surface area contributed by atoms with Crippen molar-refractivity contribution >= 4 is 5.97 Å². The predicted octanol–water partition coefficient (Wildman–Crippen LogP) is 1.88. The lowest BCUT2D eigenvalue weighted by molar-refractivity contribution is -0.203. The number of rotatable bonds is 3. The number of hydrogen-bond donors (Lipinski definition) is 1. The Labute approximate surface area is 73.1 Å². The Kier molecular flexibility index (Phi) is 2.92. The minimum atomic E-state index is -1.89. The van der Waals surface area contributed by atoms with Gasteiger partial charge in [0.1, 0.15) is 0 Å². The number of carbonyl (C=O) groups is 1. The number of halogens is 2. The number of aliphatic carboxylic acids is 1. The molecule has 0 bridgehead atoms. The third-order valence-corrected chi connectivity index (χ3v) is 1.54. The molecule has 0 aliphatic carbocycles. The van der Waals surface area contributed by atoms with Crippen molar-refractivity contribution in [3.8, 4) is 0 Å². The van der Waals surface area contributed by atoms with Crippen LogP contribution in [-0.2, 0) is 4.79 Å². The summed E-state index contributed by atoms with van der Waals surface area (Å²) >= 11 is 0. The largest absolute Gasteiger partial charge is 0.480 e. The number of nitrogens with zero attached hydrogens (tertiary/aromatic N) is 1. The highest BCUT2D eigenvalue weighted by molar-refractivity contribution is 5.75. The molecule has 0 spiro atoms. The van der Waals surface area contributed by atoms with Crippen LogP contribution in [0.2, 0.25) is 0 Å². The predicted molar refractivity (Wildman–Crippen MR) is 40.9 cm³/mol. The van der Waals surface area contributed by atoms with Crippen LogP contribution in [0.4, 0.5) is 8.96 Å². The summed E-state index contributed by atoms with van der Waals surface area (Å²) in [5.74, 6) is -1.57. The monoisotopic (exact) mass is 187 g/mol. The van der Waals surface area contributed by atoms with Crippen LogP contribution in [0.1, 0.15) is 11.6 Å². The summed E-state index contributed by atoms with van der Waals surface area (Å²) < 4.78 is 24.2. The van der Waals surface area contributed by atoms with Gasteiger partial charge in [-0.1, -0.05) is 30.3 Å². The molecule has 70 valence electrons. The van der Waals surface area contributed by atoms with Crippen molar-refractivity contribution in [2.75, 3.05) is 0 Å². The lowest BCUT2D eigenvalue weighted by Gasteiger charge is -2.11. The third-order valence-electron chi connectivity index (χ3n) is 1.54. The molecule has 0 radical (unpaired) electrons. The first-order valence-electron chi connectivity index (χ1n) is 3.51. The molecule has 0 heterocycles. The van der Waals surface area contributed by atoms with Gasteiger partial charge in [-0.15, -0.1) is 8.96 Å². The van der Waals surface area contributed by atoms with Crippen LogP contribution < -0.4 is 0 Å². The smallest absolute Gasteiger partial charge is 0.331 e. The van der Waals surface area contributed by atoms with E-state index in [1.807, 2.05) is 0 Å². The molecule has 0 saturated heterocycles. The molecule has 1 aromatic rings. The van der Waals surface area contributed by atoms with E-state index in [0.29, 0.717) is 0 Å². The molecular formula is C8H7F2NO2. The van der Waals surface area contributed by atoms with E-state index in [9.17, 15) is 13.8 Å². The van der Waals surface area contributed by atoms with Gasteiger partial charge < -0.3 is 5.11 Å². The molecular weight excluding hydrogens is 180 g/mol. The minimum absolute atomic E-state index is 0.0556. The quantitative estimate of drug-likeness (QED) is 0.734. The summed E-state index contributed by atoms with van der Waals surface area (Å²) in [5, 5.41) is 7.15. The Hall–Kier alpha value is -1.49. The van der Waals surface area contributed by atoms with Crippen LogP contribution in [-0.4, -0.2) is 16.4 Å². The van der Waals surface area contributed by atoms with Gasteiger partial charge in [0.15, 0.2) is 6.04 Å². The van der Waals surface area contributed by atoms with Crippen molar-refractivity contribution in [3.63, 3.8) is 0 Å². The van der Waals surface area contributed by atoms with E-state index < -0.39 is 17.4 Å². The Bertz CT molecular complexity index is 289. The van der Waals surface area contributed by atoms with Crippen LogP contribution in [0.3, 0.4) is 0 Å². The summed E-state index contributed by atoms with van der Waals surface area (Å²) in [7, 11) is 0. The normalized spacial score (nSPS) is 12.8. The molecule has 1 rings (SSSR count). The maximum atomic E-state index is 12.1. The molecule has 1 unspecified atom stereocenters. The second-order valence-corrected chi connectivity index (χ2v) is 2.41. The standard InChI is InChI=1S/C8H7F2NO2/c9-11(10)7(8(12)13)6-4-2-1-3-5-6/h1-5,7H,(H,12,13). The van der Waals surface area contributed by atoms with Gasteiger partial charge in [0.05, 0.1) is 0 Å². The van der Waals surface area contributed by atoms with Gasteiger partial charge in [0.2, 0.25) is 0 Å². The summed E-state index contributed by atoms with van der Waals surface area (Å²) in [4.78, 5) is 10.4. The van der Waals surface area contributed by atoms with Crippen molar-refractivity contribution in [2.45, 2.75) is 6.04 Å². The number of hydrogen-bond acceptors (Lipinski definition) is 2. The molecule has 0 aromatic heterocycles. The van der Waals surface area contributed by atoms with Crippen LogP contribution in [0.15, 0.2) is 30.3 Å². The molecule has 3 nitrogen and oxygen atoms in total. The summed E-state index contributed by atoms with van der Waals surface area (Å²) in [5.41, 5.74) is 0.0556. The molecule has 0 aliphatic rings. The molecule has 0 saturated carbocycles. The van der Waals surface area contributed by atoms with E-state index in [-0.39, 0.29) is 5.56 Å². The van der Waals surface area contributed by atoms with Crippen molar-refractivity contribution in [2.24, 2.45) is 0 Å². The summed E-state index contributed by atoms with van der Waals surface area (Å²) in [6.07, 6.45) is 0. The molecule has 0 aliphatic heterocycles. The molecule has 5 heteroatoms. The fraction of sp³-hybridized carbons (Fsp3) is 0.125. The van der Waals surface area contributed by atoms with E-state index >= 15 is 0 Å². The fourth-order valence-corrected chi connectivity index (χ4v) is 0.974. The first kappa shape index (κ1) is 9.60. The highest BCUT2D eigenvalue weighted by Crippen LogP contribution is 2.21. The highest BCUT2D eigenvalue weighted by atomic mass is 19.4. The van der Waals surface area contributed by atoms with Crippen LogP contribution in [0.25, 0.3) is 0 Å². The van der Waals surface area contributed by atoms with Gasteiger partial charge in [-0.05, 0) is 5.56 Å². The second-order valence-electron chi connectivity index (χ2n) is 2.41. The van der Waals surface area contributed by atoms with E-state index in [0.717, 1.165) is 0 Å². The Morgan fingerprint density at radius 1 is 1.31 bits per heavy atom. The topological polar surface area (TPSA) is 40.5 Å². The van der Waals surface area contributed by atoms with Gasteiger partial charge in [0, 0.05) is 5.34 Å². The number of benzene rings is 1. The van der Waals surface area contributed by atoms with Gasteiger partial charge >= 0.3 is 5.97 Å². The van der Waals surface area contributed by atoms with Gasteiger partial charge in [-0.2, -0.15) is 0 Å². The maximum Gasteiger partial charge on any atom is 0.331 e. The van der Waals surface area contributed by atoms with Crippen LogP contribution >= 0.6 is 0 Å². The zero-order valence-electron chi connectivity index (χ0n) is 6.52. The minimum Gasteiger partial charge on any atom is -0.480 e. The lowest BCUT2D eigenvalue weighted by atomic mass is 10.1. The summed E-state index contributed by atoms with van der Waals surface area (Å²) in [6, 6.07) is 5.43. The number of carboxylic acids is 1. The molecule has 1 atom stereocenters. The highest BCUT2D eigenvalue weighted by Gasteiger charge is 2.27. The van der Waals surface area contributed by atoms with Crippen molar-refractivity contribution in [1.29, 1.82) is 0 Å². The molecule has 1 N–H and O–H groups in total. The van der Waals surface area contributed by atoms with E-state index in [1.54, 1.807) is 6.07 Å². The van der Waals surface area contributed by atoms with Crippen molar-refractivity contribution in [1.82, 2.24) is 5.34 Å². The Balaban J connectivity index is 2.96. The maximum absolute atomic E-state index is 12.1. The van der Waals surface area contributed by atoms with Crippen molar-refractivity contribution in [3.05, 3.63) is 35.9 Å². The van der Waals surface area contributed by atoms with Gasteiger partial charge in [0.25, 0.3) is 0 Å². The third kappa shape index (κ3) is 2.22. The average Bonchev–Trinajstić information content (AvgIpc) is 2.04. The zero-order valence-corrected chi connectivity index (χ0v) is 6.52. The molecule has 0 fully saturated rings. The van der Waals surface area contributed by atoms with Crippen LogP contribution in [0, 0.1) is 0 Å². The second kappa shape index (κ2) is 3.95. The molecule has 1 aromatic carbocycles. The Morgan fingerprint density at radius 3 is 2.23 bits per heavy atom. The van der Waals surface area contributed by atoms with Gasteiger partial charge in [-0.3, -0.25) is 0 Å². The zero-order chi connectivity index (χ0) is 9.84. The van der Waals surface area contributed by atoms with E-state index in [1.165, 1.54) is 24.3 Å². The average molecular weight is 187 g/mol. The first-order chi connectivity index (χ1) is 6.13. The summed E-state index contributed by atoms with van der Waals surface area (Å²) in [6.45, 7) is 0. The lowest BCUT2D eigenvalue weighted by Crippen LogP contribution is -2.21. The SMILES string of the molecule is O=C(O)C(c1ccccc1)N(F)F. The van der Waals surface area contributed by atoms with Crippen LogP contribution in [0.5, 0.6) is 0 Å². The van der Waals surface area contributed by atoms with E-state index in [2.05, 4.69) is 0 Å². The first-order valence-corrected chi connectivity index (χ1v) is 3.51. The molecule has 13 heavy (non-hydrogen) atoms.